The number of aryl methyl sites for hydroxylation is 2. The van der Waals surface area contributed by atoms with Gasteiger partial charge in [0, 0.05) is 38.2 Å². The Kier molecular flexibility index (Phi) is 5.48. The van der Waals surface area contributed by atoms with Crippen LogP contribution < -0.4 is 5.32 Å². The molecule has 0 unspecified atom stereocenters. The van der Waals surface area contributed by atoms with E-state index in [0.29, 0.717) is 0 Å². The number of amides is 1. The Labute approximate surface area is 178 Å². The molecule has 3 aromatic rings. The summed E-state index contributed by atoms with van der Waals surface area (Å²) in [7, 11) is 3.98. The van der Waals surface area contributed by atoms with E-state index >= 15 is 0 Å². The summed E-state index contributed by atoms with van der Waals surface area (Å²) in [6.07, 6.45) is 3.43. The van der Waals surface area contributed by atoms with Gasteiger partial charge in [-0.3, -0.25) is 14.4 Å². The molecule has 0 aliphatic heterocycles. The van der Waals surface area contributed by atoms with Crippen molar-refractivity contribution >= 4 is 5.91 Å². The van der Waals surface area contributed by atoms with Crippen LogP contribution in [0.2, 0.25) is 0 Å². The quantitative estimate of drug-likeness (QED) is 0.686. The number of nitrogens with one attached hydrogen (secondary N) is 1. The molecule has 1 aromatic heterocycles. The summed E-state index contributed by atoms with van der Waals surface area (Å²) >= 11 is 0. The third-order valence-corrected chi connectivity index (χ3v) is 6.37. The maximum absolute atomic E-state index is 13.8. The highest BCUT2D eigenvalue weighted by molar-refractivity contribution is 5.88. The lowest BCUT2D eigenvalue weighted by Gasteiger charge is -2.38. The monoisotopic (exact) mass is 402 g/mol. The van der Waals surface area contributed by atoms with Crippen molar-refractivity contribution in [2.24, 2.45) is 7.05 Å². The fourth-order valence-corrected chi connectivity index (χ4v) is 4.66. The number of likely N-dealkylation sites (N-methyl/N-ethyl adjacent to an activating group) is 1. The van der Waals surface area contributed by atoms with Gasteiger partial charge in [0.1, 0.15) is 5.54 Å². The summed E-state index contributed by atoms with van der Waals surface area (Å²) in [5.74, 6) is 0.0767. The van der Waals surface area contributed by atoms with Crippen LogP contribution in [0.5, 0.6) is 0 Å². The van der Waals surface area contributed by atoms with E-state index in [9.17, 15) is 4.79 Å². The molecule has 0 spiro atoms. The van der Waals surface area contributed by atoms with Gasteiger partial charge in [0.25, 0.3) is 0 Å². The van der Waals surface area contributed by atoms with Crippen LogP contribution in [0.1, 0.15) is 40.9 Å². The second-order valence-corrected chi connectivity index (χ2v) is 8.53. The Morgan fingerprint density at radius 1 is 1.13 bits per heavy atom. The van der Waals surface area contributed by atoms with Crippen molar-refractivity contribution in [3.8, 4) is 0 Å². The first-order chi connectivity index (χ1) is 14.4. The first-order valence-electron chi connectivity index (χ1n) is 10.5. The van der Waals surface area contributed by atoms with E-state index in [0.717, 1.165) is 30.6 Å². The van der Waals surface area contributed by atoms with Crippen LogP contribution in [0.4, 0.5) is 0 Å². The highest BCUT2D eigenvalue weighted by Gasteiger charge is 2.47. The van der Waals surface area contributed by atoms with Crippen molar-refractivity contribution in [2.45, 2.75) is 44.8 Å². The zero-order chi connectivity index (χ0) is 21.3. The third kappa shape index (κ3) is 3.77. The minimum absolute atomic E-state index is 0.0767. The van der Waals surface area contributed by atoms with Crippen LogP contribution >= 0.6 is 0 Å². The maximum Gasteiger partial charge on any atom is 0.241 e. The summed E-state index contributed by atoms with van der Waals surface area (Å²) in [4.78, 5) is 16.0. The van der Waals surface area contributed by atoms with Crippen LogP contribution in [0.25, 0.3) is 0 Å². The number of benzene rings is 2. The van der Waals surface area contributed by atoms with Gasteiger partial charge in [0.2, 0.25) is 5.91 Å². The number of carbonyl (C=O) groups excluding carboxylic acids is 1. The molecule has 0 saturated carbocycles. The minimum atomic E-state index is -0.607. The molecule has 0 radical (unpaired) electrons. The van der Waals surface area contributed by atoms with Gasteiger partial charge in [0.15, 0.2) is 0 Å². The van der Waals surface area contributed by atoms with E-state index in [2.05, 4.69) is 58.8 Å². The standard InChI is InChI=1S/C25H30N4O/c1-18(23-17-29(4)27-19(23)2)26-24(30)25(14-21-12-8-9-13-22(21)15-25)28(3)16-20-10-6-5-7-11-20/h5-13,17-18H,14-16H2,1-4H3,(H,26,30)/t18-/m0/s1. The number of rotatable bonds is 6. The van der Waals surface area contributed by atoms with Gasteiger partial charge in [0.05, 0.1) is 11.7 Å². The van der Waals surface area contributed by atoms with Crippen molar-refractivity contribution in [3.05, 3.63) is 88.7 Å². The molecule has 0 fully saturated rings. The summed E-state index contributed by atoms with van der Waals surface area (Å²) in [6, 6.07) is 18.7. The number of aromatic nitrogens is 2. The molecule has 5 heteroatoms. The molecule has 1 aliphatic rings. The predicted octanol–water partition coefficient (Wildman–Crippen LogP) is 3.58. The molecular weight excluding hydrogens is 372 g/mol. The fourth-order valence-electron chi connectivity index (χ4n) is 4.66. The average Bonchev–Trinajstić information content (AvgIpc) is 3.29. The molecule has 1 heterocycles. The van der Waals surface area contributed by atoms with Gasteiger partial charge in [-0.25, -0.2) is 0 Å². The van der Waals surface area contributed by atoms with Crippen LogP contribution in [-0.2, 0) is 31.2 Å². The second-order valence-electron chi connectivity index (χ2n) is 8.53. The highest BCUT2D eigenvalue weighted by Crippen LogP contribution is 2.36. The first-order valence-corrected chi connectivity index (χ1v) is 10.5. The normalized spacial score (nSPS) is 15.8. The molecule has 4 rings (SSSR count). The largest absolute Gasteiger partial charge is 0.348 e. The van der Waals surface area contributed by atoms with E-state index in [1.807, 2.05) is 45.3 Å². The molecule has 156 valence electrons. The lowest BCUT2D eigenvalue weighted by atomic mass is 9.91. The van der Waals surface area contributed by atoms with Crippen LogP contribution in [0.15, 0.2) is 60.8 Å². The van der Waals surface area contributed by atoms with Crippen LogP contribution in [0, 0.1) is 6.92 Å². The molecule has 5 nitrogen and oxygen atoms in total. The van der Waals surface area contributed by atoms with Gasteiger partial charge >= 0.3 is 0 Å². The maximum atomic E-state index is 13.8. The zero-order valence-electron chi connectivity index (χ0n) is 18.2. The minimum Gasteiger partial charge on any atom is -0.348 e. The molecule has 1 N–H and O–H groups in total. The molecule has 30 heavy (non-hydrogen) atoms. The van der Waals surface area contributed by atoms with E-state index in [-0.39, 0.29) is 11.9 Å². The molecule has 0 bridgehead atoms. The summed E-state index contributed by atoms with van der Waals surface area (Å²) in [5, 5.41) is 7.73. The van der Waals surface area contributed by atoms with Gasteiger partial charge in [-0.05, 0) is 37.6 Å². The topological polar surface area (TPSA) is 50.2 Å². The van der Waals surface area contributed by atoms with E-state index in [4.69, 9.17) is 0 Å². The Morgan fingerprint density at radius 2 is 1.73 bits per heavy atom. The Bertz CT molecular complexity index is 1020. The fraction of sp³-hybridized carbons (Fsp3) is 0.360. The van der Waals surface area contributed by atoms with Crippen LogP contribution in [0.3, 0.4) is 0 Å². The zero-order valence-corrected chi connectivity index (χ0v) is 18.2. The van der Waals surface area contributed by atoms with Crippen molar-refractivity contribution in [2.75, 3.05) is 7.05 Å². The molecule has 1 amide bonds. The summed E-state index contributed by atoms with van der Waals surface area (Å²) in [5.41, 5.74) is 5.13. The smallest absolute Gasteiger partial charge is 0.241 e. The van der Waals surface area contributed by atoms with E-state index in [1.165, 1.54) is 16.7 Å². The number of hydrogen-bond acceptors (Lipinski definition) is 3. The van der Waals surface area contributed by atoms with Gasteiger partial charge in [-0.15, -0.1) is 0 Å². The molecule has 1 aliphatic carbocycles. The number of carbonyl (C=O) groups is 1. The van der Waals surface area contributed by atoms with Gasteiger partial charge in [-0.2, -0.15) is 5.10 Å². The number of hydrogen-bond donors (Lipinski definition) is 1. The van der Waals surface area contributed by atoms with Crippen molar-refractivity contribution < 1.29 is 4.79 Å². The molecule has 0 saturated heterocycles. The van der Waals surface area contributed by atoms with Crippen molar-refractivity contribution in [3.63, 3.8) is 0 Å². The SMILES string of the molecule is Cc1nn(C)cc1[C@H](C)NC(=O)C1(N(C)Cc2ccccc2)Cc2ccccc2C1. The van der Waals surface area contributed by atoms with Crippen LogP contribution in [-0.4, -0.2) is 33.2 Å². The number of fused-ring (bicyclic) bond motifs is 1. The van der Waals surface area contributed by atoms with Gasteiger partial charge < -0.3 is 5.32 Å². The average molecular weight is 403 g/mol. The van der Waals surface area contributed by atoms with Crippen molar-refractivity contribution in [1.29, 1.82) is 0 Å². The molecule has 1 atom stereocenters. The number of nitrogens with zero attached hydrogens (tertiary/aromatic N) is 3. The first kappa shape index (κ1) is 20.4. The Balaban J connectivity index is 1.62. The highest BCUT2D eigenvalue weighted by atomic mass is 16.2. The Hall–Kier alpha value is -2.92. The second kappa shape index (κ2) is 8.07. The molecular formula is C25H30N4O. The summed E-state index contributed by atoms with van der Waals surface area (Å²) < 4.78 is 1.80. The summed E-state index contributed by atoms with van der Waals surface area (Å²) in [6.45, 7) is 4.75. The van der Waals surface area contributed by atoms with E-state index in [1.54, 1.807) is 4.68 Å². The predicted molar refractivity (Wildman–Crippen MR) is 119 cm³/mol. The Morgan fingerprint density at radius 3 is 2.30 bits per heavy atom. The third-order valence-electron chi connectivity index (χ3n) is 6.37. The lowest BCUT2D eigenvalue weighted by molar-refractivity contribution is -0.133. The molecule has 2 aromatic carbocycles. The van der Waals surface area contributed by atoms with Crippen molar-refractivity contribution in [1.82, 2.24) is 20.0 Å². The van der Waals surface area contributed by atoms with Gasteiger partial charge in [-0.1, -0.05) is 54.6 Å². The lowest BCUT2D eigenvalue weighted by Crippen LogP contribution is -2.58. The van der Waals surface area contributed by atoms with E-state index < -0.39 is 5.54 Å².